The smallest absolute Gasteiger partial charge is 0.169 e. The summed E-state index contributed by atoms with van der Waals surface area (Å²) in [5.74, 6) is 1.56. The Morgan fingerprint density at radius 3 is 2.45 bits per heavy atom. The van der Waals surface area contributed by atoms with Crippen LogP contribution in [0.1, 0.15) is 54.1 Å². The quantitative estimate of drug-likeness (QED) is 0.702. The second kappa shape index (κ2) is 6.35. The van der Waals surface area contributed by atoms with E-state index in [0.29, 0.717) is 12.5 Å². The van der Waals surface area contributed by atoms with Gasteiger partial charge in [-0.1, -0.05) is 56.3 Å². The summed E-state index contributed by atoms with van der Waals surface area (Å²) in [6.07, 6.45) is 2.03. The molecule has 2 aromatic rings. The van der Waals surface area contributed by atoms with Gasteiger partial charge in [-0.2, -0.15) is 0 Å². The Balaban J connectivity index is 1.90. The lowest BCUT2D eigenvalue weighted by atomic mass is 9.96. The van der Waals surface area contributed by atoms with E-state index in [0.717, 1.165) is 35.3 Å². The lowest BCUT2D eigenvalue weighted by molar-refractivity contribution is 0.0963. The van der Waals surface area contributed by atoms with Gasteiger partial charge < -0.3 is 4.74 Å². The number of ether oxygens (including phenoxy) is 1. The predicted molar refractivity (Wildman–Crippen MR) is 88.4 cm³/mol. The average molecular weight is 294 g/mol. The first-order valence-electron chi connectivity index (χ1n) is 8.00. The molecule has 22 heavy (non-hydrogen) atoms. The zero-order chi connectivity index (χ0) is 15.5. The Morgan fingerprint density at radius 2 is 1.82 bits per heavy atom. The van der Waals surface area contributed by atoms with Crippen LogP contribution in [0.5, 0.6) is 5.75 Å². The minimum atomic E-state index is 0.210. The van der Waals surface area contributed by atoms with Crippen LogP contribution in [-0.4, -0.2) is 5.78 Å². The standard InChI is InChI=1S/C20H22O2/c1-14(2)17-9-6-10-18(19(21)16-11-12-16)20(17)22-13-15-7-4-3-5-8-15/h3-10,14,16H,11-13H2,1-2H3. The first kappa shape index (κ1) is 14.8. The van der Waals surface area contributed by atoms with Crippen LogP contribution in [0.25, 0.3) is 0 Å². The fourth-order valence-corrected chi connectivity index (χ4v) is 2.66. The van der Waals surface area contributed by atoms with Crippen LogP contribution in [-0.2, 0) is 6.61 Å². The molecule has 2 aromatic carbocycles. The fourth-order valence-electron chi connectivity index (χ4n) is 2.66. The molecule has 0 amide bonds. The summed E-state index contributed by atoms with van der Waals surface area (Å²) in [5, 5.41) is 0. The Hall–Kier alpha value is -2.09. The van der Waals surface area contributed by atoms with E-state index in [1.54, 1.807) is 0 Å². The topological polar surface area (TPSA) is 26.3 Å². The van der Waals surface area contributed by atoms with Crippen LogP contribution in [0.3, 0.4) is 0 Å². The lowest BCUT2D eigenvalue weighted by Gasteiger charge is -2.17. The first-order chi connectivity index (χ1) is 10.7. The third-order valence-electron chi connectivity index (χ3n) is 4.11. The molecule has 2 heteroatoms. The highest BCUT2D eigenvalue weighted by molar-refractivity contribution is 6.02. The van der Waals surface area contributed by atoms with Gasteiger partial charge in [0.1, 0.15) is 12.4 Å². The zero-order valence-electron chi connectivity index (χ0n) is 13.2. The van der Waals surface area contributed by atoms with Gasteiger partial charge in [-0.05, 0) is 36.0 Å². The molecule has 114 valence electrons. The first-order valence-corrected chi connectivity index (χ1v) is 8.00. The molecule has 1 fully saturated rings. The molecule has 2 nitrogen and oxygen atoms in total. The molecule has 0 heterocycles. The van der Waals surface area contributed by atoms with Gasteiger partial charge in [-0.3, -0.25) is 4.79 Å². The highest BCUT2D eigenvalue weighted by Crippen LogP contribution is 2.38. The number of hydrogen-bond acceptors (Lipinski definition) is 2. The Labute approximate surface area is 132 Å². The van der Waals surface area contributed by atoms with Gasteiger partial charge in [0.05, 0.1) is 5.56 Å². The van der Waals surface area contributed by atoms with Crippen molar-refractivity contribution in [1.29, 1.82) is 0 Å². The maximum absolute atomic E-state index is 12.5. The summed E-state index contributed by atoms with van der Waals surface area (Å²) >= 11 is 0. The highest BCUT2D eigenvalue weighted by Gasteiger charge is 2.32. The van der Waals surface area contributed by atoms with Gasteiger partial charge in [0.2, 0.25) is 0 Å². The number of para-hydroxylation sites is 1. The molecule has 3 rings (SSSR count). The van der Waals surface area contributed by atoms with Crippen LogP contribution in [0.2, 0.25) is 0 Å². The monoisotopic (exact) mass is 294 g/mol. The van der Waals surface area contributed by atoms with E-state index < -0.39 is 0 Å². The average Bonchev–Trinajstić information content (AvgIpc) is 3.37. The van der Waals surface area contributed by atoms with E-state index >= 15 is 0 Å². The minimum Gasteiger partial charge on any atom is -0.488 e. The molecule has 0 saturated heterocycles. The summed E-state index contributed by atoms with van der Waals surface area (Å²) in [5.41, 5.74) is 2.98. The molecule has 0 spiro atoms. The molecule has 0 radical (unpaired) electrons. The van der Waals surface area contributed by atoms with Crippen LogP contribution < -0.4 is 4.74 Å². The molecule has 0 unspecified atom stereocenters. The zero-order valence-corrected chi connectivity index (χ0v) is 13.2. The molecular formula is C20H22O2. The summed E-state index contributed by atoms with van der Waals surface area (Å²) < 4.78 is 6.09. The SMILES string of the molecule is CC(C)c1cccc(C(=O)C2CC2)c1OCc1ccccc1. The van der Waals surface area contributed by atoms with E-state index in [1.807, 2.05) is 42.5 Å². The number of ketones is 1. The van der Waals surface area contributed by atoms with Crippen molar-refractivity contribution in [3.8, 4) is 5.75 Å². The van der Waals surface area contributed by atoms with Crippen molar-refractivity contribution in [1.82, 2.24) is 0 Å². The Morgan fingerprint density at radius 1 is 1.09 bits per heavy atom. The van der Waals surface area contributed by atoms with E-state index in [-0.39, 0.29) is 11.7 Å². The van der Waals surface area contributed by atoms with Gasteiger partial charge in [0.25, 0.3) is 0 Å². The Bertz CT molecular complexity index is 655. The van der Waals surface area contributed by atoms with Crippen LogP contribution in [0.4, 0.5) is 0 Å². The number of carbonyl (C=O) groups excluding carboxylic acids is 1. The molecule has 0 atom stereocenters. The van der Waals surface area contributed by atoms with Crippen molar-refractivity contribution < 1.29 is 9.53 Å². The number of hydrogen-bond donors (Lipinski definition) is 0. The molecule has 1 aliphatic rings. The molecule has 1 saturated carbocycles. The number of benzene rings is 2. The van der Waals surface area contributed by atoms with E-state index in [4.69, 9.17) is 4.74 Å². The molecule has 0 N–H and O–H groups in total. The fraction of sp³-hybridized carbons (Fsp3) is 0.350. The molecule has 0 bridgehead atoms. The number of rotatable bonds is 6. The summed E-state index contributed by atoms with van der Waals surface area (Å²) in [7, 11) is 0. The maximum Gasteiger partial charge on any atom is 0.169 e. The molecule has 0 aliphatic heterocycles. The number of Topliss-reactive ketones (excluding diaryl/α,β-unsaturated/α-hetero) is 1. The van der Waals surface area contributed by atoms with Crippen molar-refractivity contribution in [2.75, 3.05) is 0 Å². The van der Waals surface area contributed by atoms with E-state index in [2.05, 4.69) is 19.9 Å². The van der Waals surface area contributed by atoms with Crippen molar-refractivity contribution in [3.05, 3.63) is 65.2 Å². The third-order valence-corrected chi connectivity index (χ3v) is 4.11. The molecular weight excluding hydrogens is 272 g/mol. The van der Waals surface area contributed by atoms with Gasteiger partial charge in [0, 0.05) is 5.92 Å². The van der Waals surface area contributed by atoms with Gasteiger partial charge in [-0.15, -0.1) is 0 Å². The van der Waals surface area contributed by atoms with Crippen LogP contribution >= 0.6 is 0 Å². The van der Waals surface area contributed by atoms with Crippen molar-refractivity contribution in [3.63, 3.8) is 0 Å². The highest BCUT2D eigenvalue weighted by atomic mass is 16.5. The van der Waals surface area contributed by atoms with Gasteiger partial charge >= 0.3 is 0 Å². The second-order valence-electron chi connectivity index (χ2n) is 6.29. The predicted octanol–water partition coefficient (Wildman–Crippen LogP) is 4.98. The minimum absolute atomic E-state index is 0.210. The summed E-state index contributed by atoms with van der Waals surface area (Å²) in [6, 6.07) is 16.0. The van der Waals surface area contributed by atoms with Gasteiger partial charge in [0.15, 0.2) is 5.78 Å². The lowest BCUT2D eigenvalue weighted by Crippen LogP contribution is -2.09. The van der Waals surface area contributed by atoms with Gasteiger partial charge in [-0.25, -0.2) is 0 Å². The van der Waals surface area contributed by atoms with Crippen molar-refractivity contribution >= 4 is 5.78 Å². The van der Waals surface area contributed by atoms with E-state index in [1.165, 1.54) is 0 Å². The van der Waals surface area contributed by atoms with E-state index in [9.17, 15) is 4.79 Å². The van der Waals surface area contributed by atoms with Crippen LogP contribution in [0, 0.1) is 5.92 Å². The second-order valence-corrected chi connectivity index (χ2v) is 6.29. The van der Waals surface area contributed by atoms with Crippen molar-refractivity contribution in [2.45, 2.75) is 39.2 Å². The number of carbonyl (C=O) groups is 1. The van der Waals surface area contributed by atoms with Crippen molar-refractivity contribution in [2.24, 2.45) is 5.92 Å². The molecule has 1 aliphatic carbocycles. The largest absolute Gasteiger partial charge is 0.488 e. The van der Waals surface area contributed by atoms with Crippen LogP contribution in [0.15, 0.2) is 48.5 Å². The third kappa shape index (κ3) is 3.22. The normalized spacial score (nSPS) is 14.1. The summed E-state index contributed by atoms with van der Waals surface area (Å²) in [4.78, 5) is 12.5. The Kier molecular flexibility index (Phi) is 4.28. The molecule has 0 aromatic heterocycles. The summed E-state index contributed by atoms with van der Waals surface area (Å²) in [6.45, 7) is 4.77. The maximum atomic E-state index is 12.5.